The fraction of sp³-hybridized carbons (Fsp3) is 0.462. The molecule has 2 aromatic heterocycles. The van der Waals surface area contributed by atoms with Crippen molar-refractivity contribution in [2.45, 2.75) is 31.8 Å². The second-order valence-electron chi connectivity index (χ2n) is 4.09. The predicted octanol–water partition coefficient (Wildman–Crippen LogP) is 2.77. The van der Waals surface area contributed by atoms with Gasteiger partial charge in [0.25, 0.3) is 0 Å². The van der Waals surface area contributed by atoms with Crippen LogP contribution in [0.25, 0.3) is 5.82 Å². The molecule has 0 aliphatic rings. The highest BCUT2D eigenvalue weighted by molar-refractivity contribution is 7.98. The molecular formula is C13H19N5S. The van der Waals surface area contributed by atoms with Gasteiger partial charge in [0.1, 0.15) is 17.5 Å². The van der Waals surface area contributed by atoms with Crippen LogP contribution in [0, 0.1) is 0 Å². The fourth-order valence-electron chi connectivity index (χ4n) is 1.85. The highest BCUT2D eigenvalue weighted by atomic mass is 32.2. The molecule has 0 amide bonds. The zero-order valence-corrected chi connectivity index (χ0v) is 12.4. The normalized spacial score (nSPS) is 10.7. The van der Waals surface area contributed by atoms with E-state index in [1.165, 1.54) is 0 Å². The SMILES string of the molecule is CCCc1nccn1-c1cc(NCC)nc(SC)n1. The molecule has 102 valence electrons. The van der Waals surface area contributed by atoms with Crippen LogP contribution in [-0.4, -0.2) is 32.3 Å². The molecule has 0 bridgehead atoms. The van der Waals surface area contributed by atoms with Gasteiger partial charge in [-0.2, -0.15) is 0 Å². The minimum absolute atomic E-state index is 0.768. The van der Waals surface area contributed by atoms with Gasteiger partial charge in [-0.05, 0) is 19.6 Å². The third-order valence-electron chi connectivity index (χ3n) is 2.67. The van der Waals surface area contributed by atoms with Crippen LogP contribution < -0.4 is 5.32 Å². The summed E-state index contributed by atoms with van der Waals surface area (Å²) in [6.07, 6.45) is 7.77. The molecule has 0 unspecified atom stereocenters. The molecule has 1 N–H and O–H groups in total. The topological polar surface area (TPSA) is 55.6 Å². The average Bonchev–Trinajstić information content (AvgIpc) is 2.87. The van der Waals surface area contributed by atoms with Crippen LogP contribution in [0.3, 0.4) is 0 Å². The number of rotatable bonds is 6. The summed E-state index contributed by atoms with van der Waals surface area (Å²) < 4.78 is 2.03. The maximum atomic E-state index is 4.55. The standard InChI is InChI=1S/C13H19N5S/c1-4-6-11-15-7-8-18(11)12-9-10(14-5-2)16-13(17-12)19-3/h7-9H,4-6H2,1-3H3,(H,14,16,17). The van der Waals surface area contributed by atoms with E-state index in [1.807, 2.05) is 29.3 Å². The first-order valence-corrected chi connectivity index (χ1v) is 7.70. The number of thioether (sulfide) groups is 1. The summed E-state index contributed by atoms with van der Waals surface area (Å²) in [7, 11) is 0. The fourth-order valence-corrected chi connectivity index (χ4v) is 2.23. The molecule has 5 nitrogen and oxygen atoms in total. The van der Waals surface area contributed by atoms with E-state index in [2.05, 4.69) is 34.1 Å². The minimum Gasteiger partial charge on any atom is -0.370 e. The van der Waals surface area contributed by atoms with Gasteiger partial charge in [0.2, 0.25) is 0 Å². The highest BCUT2D eigenvalue weighted by Crippen LogP contribution is 2.18. The number of hydrogen-bond donors (Lipinski definition) is 1. The molecule has 0 atom stereocenters. The molecule has 2 heterocycles. The summed E-state index contributed by atoms with van der Waals surface area (Å²) in [5.74, 6) is 2.76. The maximum absolute atomic E-state index is 4.55. The molecule has 2 aromatic rings. The summed E-state index contributed by atoms with van der Waals surface area (Å²) in [5, 5.41) is 4.01. The number of anilines is 1. The van der Waals surface area contributed by atoms with Crippen molar-refractivity contribution in [2.24, 2.45) is 0 Å². The predicted molar refractivity (Wildman–Crippen MR) is 79.1 cm³/mol. The Bertz CT molecular complexity index is 538. The van der Waals surface area contributed by atoms with E-state index >= 15 is 0 Å². The lowest BCUT2D eigenvalue weighted by Gasteiger charge is -2.10. The van der Waals surface area contributed by atoms with Gasteiger partial charge in [0.05, 0.1) is 0 Å². The maximum Gasteiger partial charge on any atom is 0.191 e. The first kappa shape index (κ1) is 13.9. The Kier molecular flexibility index (Phi) is 4.79. The molecule has 19 heavy (non-hydrogen) atoms. The summed E-state index contributed by atoms with van der Waals surface area (Å²) in [5.41, 5.74) is 0. The van der Waals surface area contributed by atoms with Crippen LogP contribution in [0.1, 0.15) is 26.1 Å². The molecule has 0 aliphatic heterocycles. The second kappa shape index (κ2) is 6.56. The monoisotopic (exact) mass is 277 g/mol. The Morgan fingerprint density at radius 1 is 1.32 bits per heavy atom. The van der Waals surface area contributed by atoms with Crippen molar-refractivity contribution in [3.05, 3.63) is 24.3 Å². The lowest BCUT2D eigenvalue weighted by Crippen LogP contribution is -2.07. The van der Waals surface area contributed by atoms with Gasteiger partial charge in [-0.15, -0.1) is 0 Å². The lowest BCUT2D eigenvalue weighted by atomic mass is 10.3. The first-order chi connectivity index (χ1) is 9.28. The van der Waals surface area contributed by atoms with E-state index in [0.29, 0.717) is 0 Å². The zero-order valence-electron chi connectivity index (χ0n) is 11.6. The molecule has 0 saturated heterocycles. The summed E-state index contributed by atoms with van der Waals surface area (Å²) >= 11 is 1.54. The smallest absolute Gasteiger partial charge is 0.191 e. The van der Waals surface area contributed by atoms with E-state index in [-0.39, 0.29) is 0 Å². The number of imidazole rings is 1. The van der Waals surface area contributed by atoms with Crippen molar-refractivity contribution in [3.8, 4) is 5.82 Å². The lowest BCUT2D eigenvalue weighted by molar-refractivity contribution is 0.784. The molecule has 2 rings (SSSR count). The van der Waals surface area contributed by atoms with Crippen LogP contribution in [-0.2, 0) is 6.42 Å². The van der Waals surface area contributed by atoms with Crippen molar-refractivity contribution in [2.75, 3.05) is 18.1 Å². The van der Waals surface area contributed by atoms with Gasteiger partial charge >= 0.3 is 0 Å². The van der Waals surface area contributed by atoms with E-state index in [4.69, 9.17) is 0 Å². The molecular weight excluding hydrogens is 258 g/mol. The van der Waals surface area contributed by atoms with E-state index < -0.39 is 0 Å². The molecule has 0 aliphatic carbocycles. The Labute approximate surface area is 117 Å². The van der Waals surface area contributed by atoms with Gasteiger partial charge in [0.15, 0.2) is 5.16 Å². The van der Waals surface area contributed by atoms with Gasteiger partial charge in [-0.25, -0.2) is 15.0 Å². The summed E-state index contributed by atoms with van der Waals surface area (Å²) in [4.78, 5) is 13.4. The van der Waals surface area contributed by atoms with Crippen LogP contribution >= 0.6 is 11.8 Å². The van der Waals surface area contributed by atoms with Crippen molar-refractivity contribution >= 4 is 17.6 Å². The van der Waals surface area contributed by atoms with Gasteiger partial charge in [0, 0.05) is 31.4 Å². The number of aromatic nitrogens is 4. The molecule has 0 fully saturated rings. The van der Waals surface area contributed by atoms with Gasteiger partial charge in [-0.3, -0.25) is 4.57 Å². The van der Waals surface area contributed by atoms with Crippen molar-refractivity contribution in [1.29, 1.82) is 0 Å². The van der Waals surface area contributed by atoms with Gasteiger partial charge in [-0.1, -0.05) is 18.7 Å². The first-order valence-electron chi connectivity index (χ1n) is 6.48. The van der Waals surface area contributed by atoms with Crippen molar-refractivity contribution in [1.82, 2.24) is 19.5 Å². The number of hydrogen-bond acceptors (Lipinski definition) is 5. The Morgan fingerprint density at radius 3 is 2.84 bits per heavy atom. The van der Waals surface area contributed by atoms with E-state index in [9.17, 15) is 0 Å². The Balaban J connectivity index is 2.42. The van der Waals surface area contributed by atoms with E-state index in [1.54, 1.807) is 11.8 Å². The quantitative estimate of drug-likeness (QED) is 0.650. The third-order valence-corrected chi connectivity index (χ3v) is 3.22. The Hall–Kier alpha value is -1.56. The van der Waals surface area contributed by atoms with Crippen LogP contribution in [0.2, 0.25) is 0 Å². The zero-order chi connectivity index (χ0) is 13.7. The van der Waals surface area contributed by atoms with Crippen LogP contribution in [0.4, 0.5) is 5.82 Å². The molecule has 0 saturated carbocycles. The second-order valence-corrected chi connectivity index (χ2v) is 4.87. The number of nitrogens with one attached hydrogen (secondary N) is 1. The van der Waals surface area contributed by atoms with Crippen molar-refractivity contribution < 1.29 is 0 Å². The number of nitrogens with zero attached hydrogens (tertiary/aromatic N) is 4. The summed E-state index contributed by atoms with van der Waals surface area (Å²) in [6.45, 7) is 5.05. The van der Waals surface area contributed by atoms with Crippen molar-refractivity contribution in [3.63, 3.8) is 0 Å². The minimum atomic E-state index is 0.768. The average molecular weight is 277 g/mol. The van der Waals surface area contributed by atoms with Gasteiger partial charge < -0.3 is 5.32 Å². The molecule has 0 radical (unpaired) electrons. The highest BCUT2D eigenvalue weighted by Gasteiger charge is 2.09. The molecule has 6 heteroatoms. The summed E-state index contributed by atoms with van der Waals surface area (Å²) in [6, 6.07) is 1.96. The molecule has 0 spiro atoms. The number of aryl methyl sites for hydroxylation is 1. The van der Waals surface area contributed by atoms with Crippen LogP contribution in [0.15, 0.2) is 23.6 Å². The van der Waals surface area contributed by atoms with E-state index in [0.717, 1.165) is 42.0 Å². The third kappa shape index (κ3) is 3.26. The molecule has 0 aromatic carbocycles. The Morgan fingerprint density at radius 2 is 2.16 bits per heavy atom. The largest absolute Gasteiger partial charge is 0.370 e. The van der Waals surface area contributed by atoms with Crippen LogP contribution in [0.5, 0.6) is 0 Å².